The Balaban J connectivity index is 1.72. The molecule has 0 aliphatic carbocycles. The summed E-state index contributed by atoms with van der Waals surface area (Å²) in [6.45, 7) is -0.377. The lowest BCUT2D eigenvalue weighted by atomic mass is 10.1. The molecule has 146 valence electrons. The van der Waals surface area contributed by atoms with Crippen molar-refractivity contribution >= 4 is 17.7 Å². The van der Waals surface area contributed by atoms with Gasteiger partial charge in [-0.15, -0.1) is 0 Å². The third kappa shape index (κ3) is 4.89. The van der Waals surface area contributed by atoms with Gasteiger partial charge < -0.3 is 5.32 Å². The molecule has 0 unspecified atom stereocenters. The van der Waals surface area contributed by atoms with Crippen molar-refractivity contribution in [1.29, 1.82) is 0 Å². The Morgan fingerprint density at radius 3 is 2.64 bits per heavy atom. The monoisotopic (exact) mass is 410 g/mol. The summed E-state index contributed by atoms with van der Waals surface area (Å²) in [6.07, 6.45) is -3.35. The molecule has 5 nitrogen and oxygen atoms in total. The Hall–Kier alpha value is -2.88. The molecule has 0 aliphatic heterocycles. The average molecular weight is 410 g/mol. The Kier molecular flexibility index (Phi) is 5.98. The molecule has 0 atom stereocenters. The van der Waals surface area contributed by atoms with Crippen LogP contribution in [0.15, 0.2) is 53.9 Å². The highest BCUT2D eigenvalue weighted by molar-refractivity contribution is 7.98. The molecule has 1 amide bonds. The molecule has 0 saturated carbocycles. The van der Waals surface area contributed by atoms with Gasteiger partial charge in [-0.25, -0.2) is 9.37 Å². The van der Waals surface area contributed by atoms with E-state index in [0.717, 1.165) is 12.1 Å². The summed E-state index contributed by atoms with van der Waals surface area (Å²) in [5, 5.41) is 9.48. The molecule has 28 heavy (non-hydrogen) atoms. The van der Waals surface area contributed by atoms with Crippen LogP contribution in [0.5, 0.6) is 0 Å². The molecule has 2 aromatic carbocycles. The highest BCUT2D eigenvalue weighted by atomic mass is 32.2. The number of carbonyl (C=O) groups is 1. The summed E-state index contributed by atoms with van der Waals surface area (Å²) in [4.78, 5) is 16.5. The lowest BCUT2D eigenvalue weighted by Gasteiger charge is -2.14. The third-order valence-corrected chi connectivity index (χ3v) is 4.76. The van der Waals surface area contributed by atoms with E-state index < -0.39 is 23.5 Å². The SMILES string of the molecule is O=C(NCc1ccc(F)cc1C(F)(F)F)c1ccccc1CSc1ncn[nH]1. The number of benzene rings is 2. The van der Waals surface area contributed by atoms with Gasteiger partial charge in [-0.1, -0.05) is 36.0 Å². The Bertz CT molecular complexity index is 960. The van der Waals surface area contributed by atoms with E-state index in [4.69, 9.17) is 0 Å². The fraction of sp³-hybridized carbons (Fsp3) is 0.167. The normalized spacial score (nSPS) is 11.4. The van der Waals surface area contributed by atoms with Crippen molar-refractivity contribution in [3.63, 3.8) is 0 Å². The fourth-order valence-electron chi connectivity index (χ4n) is 2.52. The van der Waals surface area contributed by atoms with Crippen LogP contribution < -0.4 is 5.32 Å². The van der Waals surface area contributed by atoms with E-state index in [0.29, 0.717) is 28.1 Å². The Labute approximate surface area is 161 Å². The van der Waals surface area contributed by atoms with Gasteiger partial charge in [0.2, 0.25) is 0 Å². The maximum atomic E-state index is 13.2. The van der Waals surface area contributed by atoms with E-state index in [1.165, 1.54) is 18.1 Å². The summed E-state index contributed by atoms with van der Waals surface area (Å²) in [5.74, 6) is -1.09. The summed E-state index contributed by atoms with van der Waals surface area (Å²) < 4.78 is 52.4. The first kappa shape index (κ1) is 19.9. The number of hydrogen-bond acceptors (Lipinski definition) is 4. The van der Waals surface area contributed by atoms with Crippen LogP contribution in [0.25, 0.3) is 0 Å². The van der Waals surface area contributed by atoms with Crippen molar-refractivity contribution in [3.05, 3.63) is 76.9 Å². The van der Waals surface area contributed by atoms with Crippen LogP contribution in [-0.4, -0.2) is 21.1 Å². The molecule has 0 bridgehead atoms. The Morgan fingerprint density at radius 1 is 1.14 bits per heavy atom. The maximum absolute atomic E-state index is 13.2. The second-order valence-corrected chi connectivity index (χ2v) is 6.68. The van der Waals surface area contributed by atoms with Crippen LogP contribution in [0, 0.1) is 5.82 Å². The van der Waals surface area contributed by atoms with E-state index in [-0.39, 0.29) is 12.1 Å². The second-order valence-electron chi connectivity index (χ2n) is 5.72. The molecule has 1 aromatic heterocycles. The van der Waals surface area contributed by atoms with Crippen LogP contribution in [0.4, 0.5) is 17.6 Å². The smallest absolute Gasteiger partial charge is 0.348 e. The maximum Gasteiger partial charge on any atom is 0.416 e. The second kappa shape index (κ2) is 8.42. The number of thioether (sulfide) groups is 1. The molecular weight excluding hydrogens is 396 g/mol. The van der Waals surface area contributed by atoms with E-state index in [1.807, 2.05) is 0 Å². The minimum Gasteiger partial charge on any atom is -0.348 e. The van der Waals surface area contributed by atoms with Crippen molar-refractivity contribution in [2.45, 2.75) is 23.6 Å². The zero-order valence-electron chi connectivity index (χ0n) is 14.3. The number of halogens is 4. The molecule has 0 fully saturated rings. The lowest BCUT2D eigenvalue weighted by molar-refractivity contribution is -0.138. The molecule has 0 radical (unpaired) electrons. The van der Waals surface area contributed by atoms with Gasteiger partial charge in [-0.05, 0) is 29.3 Å². The number of nitrogens with zero attached hydrogens (tertiary/aromatic N) is 2. The van der Waals surface area contributed by atoms with E-state index >= 15 is 0 Å². The summed E-state index contributed by atoms with van der Waals surface area (Å²) >= 11 is 1.33. The highest BCUT2D eigenvalue weighted by Crippen LogP contribution is 2.32. The predicted molar refractivity (Wildman–Crippen MR) is 95.0 cm³/mol. The van der Waals surface area contributed by atoms with Gasteiger partial charge in [0, 0.05) is 17.9 Å². The van der Waals surface area contributed by atoms with Gasteiger partial charge in [0.1, 0.15) is 12.1 Å². The predicted octanol–water partition coefficient (Wildman–Crippen LogP) is 4.18. The topological polar surface area (TPSA) is 70.7 Å². The van der Waals surface area contributed by atoms with Crippen molar-refractivity contribution in [1.82, 2.24) is 20.5 Å². The first-order chi connectivity index (χ1) is 13.3. The molecule has 0 spiro atoms. The van der Waals surface area contributed by atoms with Gasteiger partial charge in [-0.2, -0.15) is 18.3 Å². The lowest BCUT2D eigenvalue weighted by Crippen LogP contribution is -2.25. The molecule has 3 rings (SSSR count). The Morgan fingerprint density at radius 2 is 1.93 bits per heavy atom. The zero-order chi connectivity index (χ0) is 20.1. The van der Waals surface area contributed by atoms with E-state index in [2.05, 4.69) is 20.5 Å². The summed E-state index contributed by atoms with van der Waals surface area (Å²) in [7, 11) is 0. The quantitative estimate of drug-likeness (QED) is 0.472. The van der Waals surface area contributed by atoms with Crippen molar-refractivity contribution in [3.8, 4) is 0 Å². The average Bonchev–Trinajstić information content (AvgIpc) is 3.18. The van der Waals surface area contributed by atoms with Gasteiger partial charge >= 0.3 is 6.18 Å². The van der Waals surface area contributed by atoms with Gasteiger partial charge in [0.05, 0.1) is 5.56 Å². The number of rotatable bonds is 6. The summed E-state index contributed by atoms with van der Waals surface area (Å²) in [6, 6.07) is 9.12. The molecule has 2 N–H and O–H groups in total. The number of alkyl halides is 3. The van der Waals surface area contributed by atoms with Crippen LogP contribution in [0.1, 0.15) is 27.0 Å². The first-order valence-electron chi connectivity index (χ1n) is 8.04. The fourth-order valence-corrected chi connectivity index (χ4v) is 3.30. The third-order valence-electron chi connectivity index (χ3n) is 3.84. The number of aromatic amines is 1. The summed E-state index contributed by atoms with van der Waals surface area (Å²) in [5.41, 5.74) is -0.292. The number of aromatic nitrogens is 3. The van der Waals surface area contributed by atoms with Gasteiger partial charge in [0.25, 0.3) is 5.91 Å². The minimum atomic E-state index is -4.71. The number of nitrogens with one attached hydrogen (secondary N) is 2. The largest absolute Gasteiger partial charge is 0.416 e. The van der Waals surface area contributed by atoms with Gasteiger partial charge in [-0.3, -0.25) is 9.89 Å². The standard InChI is InChI=1S/C18H14F4N4OS/c19-13-6-5-11(15(7-13)18(20,21)22)8-23-16(27)14-4-2-1-3-12(14)9-28-17-24-10-25-26-17/h1-7,10H,8-9H2,(H,23,27)(H,24,25,26). The number of amides is 1. The molecule has 0 aliphatic rings. The van der Waals surface area contributed by atoms with Crippen molar-refractivity contribution < 1.29 is 22.4 Å². The highest BCUT2D eigenvalue weighted by Gasteiger charge is 2.33. The number of carbonyl (C=O) groups excluding carboxylic acids is 1. The number of H-pyrrole nitrogens is 1. The van der Waals surface area contributed by atoms with E-state index in [9.17, 15) is 22.4 Å². The molecule has 1 heterocycles. The minimum absolute atomic E-state index is 0.212. The van der Waals surface area contributed by atoms with E-state index in [1.54, 1.807) is 24.3 Å². The molecule has 10 heteroatoms. The van der Waals surface area contributed by atoms with Crippen LogP contribution in [0.3, 0.4) is 0 Å². The van der Waals surface area contributed by atoms with Crippen LogP contribution in [0.2, 0.25) is 0 Å². The zero-order valence-corrected chi connectivity index (χ0v) is 15.1. The van der Waals surface area contributed by atoms with Crippen molar-refractivity contribution in [2.24, 2.45) is 0 Å². The molecule has 0 saturated heterocycles. The van der Waals surface area contributed by atoms with Crippen LogP contribution >= 0.6 is 11.8 Å². The van der Waals surface area contributed by atoms with Crippen LogP contribution in [-0.2, 0) is 18.5 Å². The molecular formula is C18H14F4N4OS. The number of hydrogen-bond donors (Lipinski definition) is 2. The first-order valence-corrected chi connectivity index (χ1v) is 9.03. The van der Waals surface area contributed by atoms with Crippen molar-refractivity contribution in [2.75, 3.05) is 0 Å². The molecule has 3 aromatic rings. The van der Waals surface area contributed by atoms with Gasteiger partial charge in [0.15, 0.2) is 5.16 Å².